The fraction of sp³-hybridized carbons (Fsp3) is 0.917. The second-order valence-corrected chi connectivity index (χ2v) is 5.27. The van der Waals surface area contributed by atoms with Gasteiger partial charge in [-0.3, -0.25) is 5.32 Å². The van der Waals surface area contributed by atoms with Crippen molar-refractivity contribution in [2.75, 3.05) is 18.1 Å². The number of rotatable bonds is 9. The molecule has 1 unspecified atom stereocenters. The minimum absolute atomic E-state index is 0.315. The van der Waals surface area contributed by atoms with E-state index in [9.17, 15) is 0 Å². The minimum atomic E-state index is -0.315. The topological polar surface area (TPSA) is 35.8 Å². The molecule has 0 bridgehead atoms. The molecule has 0 amide bonds. The Morgan fingerprint density at radius 2 is 2.00 bits per heavy atom. The Balaban J connectivity index is 3.51. The molecular weight excluding hydrogens is 204 g/mol. The fourth-order valence-corrected chi connectivity index (χ4v) is 2.40. The average Bonchev–Trinajstić information content (AvgIpc) is 2.24. The van der Waals surface area contributed by atoms with Gasteiger partial charge in [0.1, 0.15) is 5.54 Å². The van der Waals surface area contributed by atoms with Gasteiger partial charge in [0.05, 0.1) is 6.07 Å². The highest BCUT2D eigenvalue weighted by Crippen LogP contribution is 2.14. The lowest BCUT2D eigenvalue weighted by atomic mass is 9.97. The first-order valence-corrected chi connectivity index (χ1v) is 7.08. The summed E-state index contributed by atoms with van der Waals surface area (Å²) < 4.78 is 0. The summed E-state index contributed by atoms with van der Waals surface area (Å²) in [5, 5.41) is 12.3. The van der Waals surface area contributed by atoms with Crippen molar-refractivity contribution in [2.45, 2.75) is 52.0 Å². The molecule has 0 spiro atoms. The second-order valence-electron chi connectivity index (χ2n) is 4.04. The van der Waals surface area contributed by atoms with Gasteiger partial charge >= 0.3 is 0 Å². The monoisotopic (exact) mass is 228 g/mol. The molecule has 0 heterocycles. The third-order valence-electron chi connectivity index (χ3n) is 2.38. The van der Waals surface area contributed by atoms with Crippen molar-refractivity contribution in [3.8, 4) is 6.07 Å². The SMILES string of the molecule is CCCSCCCCC(C)(C#N)NCC. The lowest BCUT2D eigenvalue weighted by molar-refractivity contribution is 0.415. The molecular formula is C12H24N2S. The molecule has 0 saturated carbocycles. The van der Waals surface area contributed by atoms with E-state index in [2.05, 4.69) is 18.3 Å². The van der Waals surface area contributed by atoms with Crippen molar-refractivity contribution in [2.24, 2.45) is 0 Å². The van der Waals surface area contributed by atoms with E-state index in [1.165, 1.54) is 24.3 Å². The Kier molecular flexibility index (Phi) is 8.94. The van der Waals surface area contributed by atoms with Gasteiger partial charge in [-0.25, -0.2) is 0 Å². The smallest absolute Gasteiger partial charge is 0.103 e. The summed E-state index contributed by atoms with van der Waals surface area (Å²) in [7, 11) is 0. The van der Waals surface area contributed by atoms with Crippen molar-refractivity contribution < 1.29 is 0 Å². The Morgan fingerprint density at radius 3 is 2.53 bits per heavy atom. The number of nitrogens with zero attached hydrogens (tertiary/aromatic N) is 1. The van der Waals surface area contributed by atoms with Gasteiger partial charge in [-0.1, -0.05) is 13.8 Å². The molecule has 0 aromatic carbocycles. The van der Waals surface area contributed by atoms with E-state index in [-0.39, 0.29) is 5.54 Å². The molecule has 1 atom stereocenters. The van der Waals surface area contributed by atoms with Gasteiger partial charge in [0, 0.05) is 0 Å². The van der Waals surface area contributed by atoms with Crippen LogP contribution in [0.3, 0.4) is 0 Å². The molecule has 0 saturated heterocycles. The van der Waals surface area contributed by atoms with Crippen LogP contribution >= 0.6 is 11.8 Å². The van der Waals surface area contributed by atoms with E-state index in [0.29, 0.717) is 0 Å². The molecule has 0 aliphatic rings. The van der Waals surface area contributed by atoms with Crippen LogP contribution in [0.15, 0.2) is 0 Å². The molecule has 88 valence electrons. The molecule has 0 aliphatic heterocycles. The second kappa shape index (κ2) is 9.06. The quantitative estimate of drug-likeness (QED) is 0.616. The van der Waals surface area contributed by atoms with Crippen LogP contribution in [-0.2, 0) is 0 Å². The Morgan fingerprint density at radius 1 is 1.27 bits per heavy atom. The van der Waals surface area contributed by atoms with Gasteiger partial charge < -0.3 is 0 Å². The first kappa shape index (κ1) is 14.8. The molecule has 2 nitrogen and oxygen atoms in total. The summed E-state index contributed by atoms with van der Waals surface area (Å²) >= 11 is 2.02. The zero-order valence-electron chi connectivity index (χ0n) is 10.3. The molecule has 3 heteroatoms. The largest absolute Gasteiger partial charge is 0.300 e. The summed E-state index contributed by atoms with van der Waals surface area (Å²) in [6, 6.07) is 2.36. The molecule has 0 aromatic rings. The van der Waals surface area contributed by atoms with Crippen molar-refractivity contribution in [1.82, 2.24) is 5.32 Å². The highest BCUT2D eigenvalue weighted by atomic mass is 32.2. The van der Waals surface area contributed by atoms with Crippen LogP contribution in [0.4, 0.5) is 0 Å². The zero-order chi connectivity index (χ0) is 11.6. The summed E-state index contributed by atoms with van der Waals surface area (Å²) in [6.07, 6.45) is 4.60. The number of unbranched alkanes of at least 4 members (excludes halogenated alkanes) is 1. The fourth-order valence-electron chi connectivity index (χ4n) is 1.50. The third-order valence-corrected chi connectivity index (χ3v) is 3.65. The van der Waals surface area contributed by atoms with Gasteiger partial charge in [-0.15, -0.1) is 0 Å². The maximum Gasteiger partial charge on any atom is 0.103 e. The third kappa shape index (κ3) is 7.70. The van der Waals surface area contributed by atoms with E-state index < -0.39 is 0 Å². The van der Waals surface area contributed by atoms with E-state index in [4.69, 9.17) is 5.26 Å². The van der Waals surface area contributed by atoms with Crippen LogP contribution in [0.1, 0.15) is 46.5 Å². The first-order chi connectivity index (χ1) is 7.18. The van der Waals surface area contributed by atoms with Gasteiger partial charge in [0.2, 0.25) is 0 Å². The summed E-state index contributed by atoms with van der Waals surface area (Å²) in [5.41, 5.74) is -0.315. The van der Waals surface area contributed by atoms with Crippen LogP contribution in [0.5, 0.6) is 0 Å². The maximum absolute atomic E-state index is 9.04. The summed E-state index contributed by atoms with van der Waals surface area (Å²) in [6.45, 7) is 7.13. The van der Waals surface area contributed by atoms with Gasteiger partial charge in [-0.05, 0) is 50.7 Å². The van der Waals surface area contributed by atoms with Crippen molar-refractivity contribution in [3.63, 3.8) is 0 Å². The van der Waals surface area contributed by atoms with Crippen molar-refractivity contribution in [1.29, 1.82) is 5.26 Å². The molecule has 1 N–H and O–H groups in total. The molecule has 15 heavy (non-hydrogen) atoms. The van der Waals surface area contributed by atoms with Crippen LogP contribution < -0.4 is 5.32 Å². The number of thioether (sulfide) groups is 1. The lowest BCUT2D eigenvalue weighted by Crippen LogP contribution is -2.40. The van der Waals surface area contributed by atoms with E-state index in [1.54, 1.807) is 0 Å². The van der Waals surface area contributed by atoms with E-state index in [1.807, 2.05) is 25.6 Å². The lowest BCUT2D eigenvalue weighted by Gasteiger charge is -2.22. The summed E-state index contributed by atoms with van der Waals surface area (Å²) in [5.74, 6) is 2.50. The van der Waals surface area contributed by atoms with Gasteiger partial charge in [0.25, 0.3) is 0 Å². The maximum atomic E-state index is 9.04. The number of nitriles is 1. The van der Waals surface area contributed by atoms with E-state index in [0.717, 1.165) is 19.4 Å². The van der Waals surface area contributed by atoms with Crippen LogP contribution in [0, 0.1) is 11.3 Å². The number of nitrogens with one attached hydrogen (secondary N) is 1. The zero-order valence-corrected chi connectivity index (χ0v) is 11.1. The number of hydrogen-bond donors (Lipinski definition) is 1. The van der Waals surface area contributed by atoms with Crippen LogP contribution in [0.2, 0.25) is 0 Å². The standard InChI is InChI=1S/C12H24N2S/c1-4-9-15-10-7-6-8-12(3,11-13)14-5-2/h14H,4-10H2,1-3H3. The Hall–Kier alpha value is -0.200. The first-order valence-electron chi connectivity index (χ1n) is 5.92. The van der Waals surface area contributed by atoms with Crippen LogP contribution in [-0.4, -0.2) is 23.6 Å². The predicted octanol–water partition coefficient (Wildman–Crippen LogP) is 3.19. The van der Waals surface area contributed by atoms with E-state index >= 15 is 0 Å². The molecule has 0 radical (unpaired) electrons. The highest BCUT2D eigenvalue weighted by Gasteiger charge is 2.20. The predicted molar refractivity (Wildman–Crippen MR) is 69.2 cm³/mol. The average molecular weight is 228 g/mol. The van der Waals surface area contributed by atoms with Gasteiger partial charge in [-0.2, -0.15) is 17.0 Å². The van der Waals surface area contributed by atoms with Crippen LogP contribution in [0.25, 0.3) is 0 Å². The molecule has 0 fully saturated rings. The van der Waals surface area contributed by atoms with Gasteiger partial charge in [0.15, 0.2) is 0 Å². The Labute approximate surface area is 98.8 Å². The minimum Gasteiger partial charge on any atom is -0.300 e. The summed E-state index contributed by atoms with van der Waals surface area (Å²) in [4.78, 5) is 0. The Bertz CT molecular complexity index is 189. The highest BCUT2D eigenvalue weighted by molar-refractivity contribution is 7.99. The molecule has 0 aromatic heterocycles. The number of hydrogen-bond acceptors (Lipinski definition) is 3. The van der Waals surface area contributed by atoms with Crippen molar-refractivity contribution in [3.05, 3.63) is 0 Å². The molecule has 0 aliphatic carbocycles. The molecule has 0 rings (SSSR count). The van der Waals surface area contributed by atoms with Crippen molar-refractivity contribution >= 4 is 11.8 Å². The normalized spacial score (nSPS) is 14.5.